The average molecular weight is 209 g/mol. The van der Waals surface area contributed by atoms with Gasteiger partial charge in [0, 0.05) is 6.04 Å². The van der Waals surface area contributed by atoms with Crippen LogP contribution in [0.3, 0.4) is 0 Å². The lowest BCUT2D eigenvalue weighted by Crippen LogP contribution is -2.37. The third-order valence-corrected chi connectivity index (χ3v) is 2.24. The molecule has 0 aliphatic rings. The van der Waals surface area contributed by atoms with E-state index in [2.05, 4.69) is 5.32 Å². The Bertz CT molecular complexity index is 274. The van der Waals surface area contributed by atoms with E-state index in [1.54, 1.807) is 0 Å². The highest BCUT2D eigenvalue weighted by molar-refractivity contribution is 5.20. The van der Waals surface area contributed by atoms with Crippen LogP contribution >= 0.6 is 0 Å². The topological polar surface area (TPSA) is 52.5 Å². The molecule has 2 atom stereocenters. The summed E-state index contributed by atoms with van der Waals surface area (Å²) < 4.78 is 0. The van der Waals surface area contributed by atoms with Crippen molar-refractivity contribution in [3.63, 3.8) is 0 Å². The Hall–Kier alpha value is -0.900. The zero-order valence-electron chi connectivity index (χ0n) is 9.22. The van der Waals surface area contributed by atoms with E-state index in [4.69, 9.17) is 5.11 Å². The van der Waals surface area contributed by atoms with Gasteiger partial charge >= 0.3 is 0 Å². The van der Waals surface area contributed by atoms with E-state index in [1.165, 1.54) is 0 Å². The highest BCUT2D eigenvalue weighted by Crippen LogP contribution is 2.17. The Morgan fingerprint density at radius 1 is 1.20 bits per heavy atom. The number of benzene rings is 1. The highest BCUT2D eigenvalue weighted by atomic mass is 16.3. The molecule has 0 amide bonds. The molecule has 0 heterocycles. The van der Waals surface area contributed by atoms with Crippen molar-refractivity contribution in [3.8, 4) is 0 Å². The molecule has 3 nitrogen and oxygen atoms in total. The third-order valence-electron chi connectivity index (χ3n) is 2.24. The Morgan fingerprint density at radius 2 is 1.80 bits per heavy atom. The molecule has 0 spiro atoms. The van der Waals surface area contributed by atoms with Crippen LogP contribution in [0, 0.1) is 0 Å². The van der Waals surface area contributed by atoms with Crippen LogP contribution in [0.4, 0.5) is 0 Å². The van der Waals surface area contributed by atoms with E-state index in [9.17, 15) is 5.11 Å². The molecule has 84 valence electrons. The predicted molar refractivity (Wildman–Crippen MR) is 60.5 cm³/mol. The molecule has 0 aliphatic carbocycles. The molecule has 3 heteroatoms. The lowest BCUT2D eigenvalue weighted by Gasteiger charge is -2.25. The molecular weight excluding hydrogens is 190 g/mol. The molecule has 0 bridgehead atoms. The second-order valence-corrected chi connectivity index (χ2v) is 3.96. The summed E-state index contributed by atoms with van der Waals surface area (Å²) >= 11 is 0. The van der Waals surface area contributed by atoms with Gasteiger partial charge in [0.15, 0.2) is 0 Å². The second kappa shape index (κ2) is 5.85. The maximum absolute atomic E-state index is 9.71. The molecule has 0 radical (unpaired) electrons. The predicted octanol–water partition coefficient (Wildman–Crippen LogP) is 1.08. The first-order chi connectivity index (χ1) is 7.15. The lowest BCUT2D eigenvalue weighted by atomic mass is 10.0. The van der Waals surface area contributed by atoms with Crippen LogP contribution < -0.4 is 5.32 Å². The maximum Gasteiger partial charge on any atom is 0.0965 e. The molecule has 1 aromatic rings. The number of hydrogen-bond donors (Lipinski definition) is 3. The Kier molecular flexibility index (Phi) is 4.75. The quantitative estimate of drug-likeness (QED) is 0.680. The minimum Gasteiger partial charge on any atom is -0.394 e. The number of nitrogens with one attached hydrogen (secondary N) is 1. The maximum atomic E-state index is 9.71. The van der Waals surface area contributed by atoms with E-state index in [0.717, 1.165) is 5.56 Å². The van der Waals surface area contributed by atoms with E-state index >= 15 is 0 Å². The first-order valence-electron chi connectivity index (χ1n) is 5.25. The van der Waals surface area contributed by atoms with Gasteiger partial charge < -0.3 is 15.5 Å². The van der Waals surface area contributed by atoms with Gasteiger partial charge in [-0.1, -0.05) is 44.2 Å². The summed E-state index contributed by atoms with van der Waals surface area (Å²) in [4.78, 5) is 0. The normalized spacial score (nSPS) is 15.3. The minimum atomic E-state index is -0.769. The molecule has 1 aromatic carbocycles. The summed E-state index contributed by atoms with van der Waals surface area (Å²) in [6.45, 7) is 3.79. The molecule has 0 aliphatic heterocycles. The van der Waals surface area contributed by atoms with Crippen molar-refractivity contribution in [3.05, 3.63) is 35.9 Å². The van der Waals surface area contributed by atoms with Gasteiger partial charge in [-0.2, -0.15) is 0 Å². The monoisotopic (exact) mass is 209 g/mol. The summed E-state index contributed by atoms with van der Waals surface area (Å²) in [7, 11) is 0. The van der Waals surface area contributed by atoms with Gasteiger partial charge in [-0.3, -0.25) is 0 Å². The lowest BCUT2D eigenvalue weighted by molar-refractivity contribution is 0.0598. The molecule has 3 N–H and O–H groups in total. The first kappa shape index (κ1) is 12.2. The smallest absolute Gasteiger partial charge is 0.0965 e. The van der Waals surface area contributed by atoms with Gasteiger partial charge in [-0.05, 0) is 5.56 Å². The van der Waals surface area contributed by atoms with Crippen molar-refractivity contribution in [2.45, 2.75) is 32.0 Å². The van der Waals surface area contributed by atoms with Gasteiger partial charge in [-0.25, -0.2) is 0 Å². The fourth-order valence-corrected chi connectivity index (χ4v) is 1.55. The van der Waals surface area contributed by atoms with Gasteiger partial charge in [0.1, 0.15) is 0 Å². The summed E-state index contributed by atoms with van der Waals surface area (Å²) in [5.41, 5.74) is 0.993. The Morgan fingerprint density at radius 3 is 2.27 bits per heavy atom. The van der Waals surface area contributed by atoms with E-state index in [0.29, 0.717) is 0 Å². The zero-order chi connectivity index (χ0) is 11.3. The first-order valence-corrected chi connectivity index (χ1v) is 5.25. The van der Waals surface area contributed by atoms with Crippen molar-refractivity contribution in [1.29, 1.82) is 0 Å². The average Bonchev–Trinajstić information content (AvgIpc) is 2.26. The fraction of sp³-hybridized carbons (Fsp3) is 0.500. The summed E-state index contributed by atoms with van der Waals surface area (Å²) in [5, 5.41) is 21.9. The van der Waals surface area contributed by atoms with Crippen LogP contribution in [0.5, 0.6) is 0 Å². The van der Waals surface area contributed by atoms with Gasteiger partial charge in [0.05, 0.1) is 18.8 Å². The SMILES string of the molecule is CC(C)N[C@H](c1ccccc1)[C@@H](O)CO. The number of aliphatic hydroxyl groups is 2. The van der Waals surface area contributed by atoms with Crippen LogP contribution in [0.1, 0.15) is 25.5 Å². The Labute approximate surface area is 90.8 Å². The number of rotatable bonds is 5. The standard InChI is InChI=1S/C12H19NO2/c1-9(2)13-12(11(15)8-14)10-6-4-3-5-7-10/h3-7,9,11-15H,8H2,1-2H3/t11-,12+/m0/s1. The molecule has 0 saturated carbocycles. The molecular formula is C12H19NO2. The van der Waals surface area contributed by atoms with Crippen LogP contribution in [-0.2, 0) is 0 Å². The molecule has 15 heavy (non-hydrogen) atoms. The van der Waals surface area contributed by atoms with E-state index in [1.807, 2.05) is 44.2 Å². The van der Waals surface area contributed by atoms with Crippen LogP contribution in [0.2, 0.25) is 0 Å². The number of hydrogen-bond acceptors (Lipinski definition) is 3. The molecule has 0 saturated heterocycles. The fourth-order valence-electron chi connectivity index (χ4n) is 1.55. The van der Waals surface area contributed by atoms with Crippen molar-refractivity contribution in [2.75, 3.05) is 6.61 Å². The van der Waals surface area contributed by atoms with Crippen LogP contribution in [0.15, 0.2) is 30.3 Å². The van der Waals surface area contributed by atoms with Crippen molar-refractivity contribution in [2.24, 2.45) is 0 Å². The Balaban J connectivity index is 2.81. The highest BCUT2D eigenvalue weighted by Gasteiger charge is 2.20. The van der Waals surface area contributed by atoms with Crippen molar-refractivity contribution in [1.82, 2.24) is 5.32 Å². The van der Waals surface area contributed by atoms with Crippen molar-refractivity contribution >= 4 is 0 Å². The summed E-state index contributed by atoms with van der Waals surface area (Å²) in [5.74, 6) is 0. The van der Waals surface area contributed by atoms with Gasteiger partial charge in [0.2, 0.25) is 0 Å². The van der Waals surface area contributed by atoms with Gasteiger partial charge in [-0.15, -0.1) is 0 Å². The molecule has 1 rings (SSSR count). The summed E-state index contributed by atoms with van der Waals surface area (Å²) in [6, 6.07) is 9.72. The molecule has 0 unspecified atom stereocenters. The van der Waals surface area contributed by atoms with E-state index in [-0.39, 0.29) is 18.7 Å². The zero-order valence-corrected chi connectivity index (χ0v) is 9.22. The minimum absolute atomic E-state index is 0.212. The molecule has 0 aromatic heterocycles. The van der Waals surface area contributed by atoms with E-state index < -0.39 is 6.10 Å². The summed E-state index contributed by atoms with van der Waals surface area (Å²) in [6.07, 6.45) is -0.769. The van der Waals surface area contributed by atoms with Gasteiger partial charge in [0.25, 0.3) is 0 Å². The largest absolute Gasteiger partial charge is 0.394 e. The van der Waals surface area contributed by atoms with Crippen LogP contribution in [0.25, 0.3) is 0 Å². The third kappa shape index (κ3) is 3.63. The molecule has 0 fully saturated rings. The van der Waals surface area contributed by atoms with Crippen molar-refractivity contribution < 1.29 is 10.2 Å². The number of aliphatic hydroxyl groups excluding tert-OH is 2. The van der Waals surface area contributed by atoms with Crippen LogP contribution in [-0.4, -0.2) is 29.0 Å². The second-order valence-electron chi connectivity index (χ2n) is 3.96.